The quantitative estimate of drug-likeness (QED) is 0.440. The highest BCUT2D eigenvalue weighted by Gasteiger charge is 1.90. The van der Waals surface area contributed by atoms with Gasteiger partial charge in [0.25, 0.3) is 0 Å². The van der Waals surface area contributed by atoms with Crippen molar-refractivity contribution in [3.8, 4) is 0 Å². The van der Waals surface area contributed by atoms with Gasteiger partial charge in [-0.05, 0) is 13.8 Å². The Balaban J connectivity index is 2.74. The SMILES string of the molecule is CCN=Cn1ncnc1C. The van der Waals surface area contributed by atoms with Crippen LogP contribution in [-0.4, -0.2) is 27.6 Å². The molecule has 1 aromatic rings. The average Bonchev–Trinajstić information content (AvgIpc) is 2.31. The molecule has 1 rings (SSSR count). The normalized spacial score (nSPS) is 11.0. The predicted molar refractivity (Wildman–Crippen MR) is 39.2 cm³/mol. The molecule has 0 saturated heterocycles. The zero-order valence-electron chi connectivity index (χ0n) is 6.15. The van der Waals surface area contributed by atoms with E-state index in [1.54, 1.807) is 11.0 Å². The van der Waals surface area contributed by atoms with E-state index in [1.165, 1.54) is 6.33 Å². The molecule has 1 heterocycles. The van der Waals surface area contributed by atoms with Crippen LogP contribution < -0.4 is 0 Å². The van der Waals surface area contributed by atoms with Crippen molar-refractivity contribution in [2.45, 2.75) is 13.8 Å². The molecule has 0 aliphatic carbocycles. The van der Waals surface area contributed by atoms with Crippen LogP contribution in [0.1, 0.15) is 12.7 Å². The second-order valence-corrected chi connectivity index (χ2v) is 1.87. The lowest BCUT2D eigenvalue weighted by Gasteiger charge is -1.89. The summed E-state index contributed by atoms with van der Waals surface area (Å²) in [5.41, 5.74) is 0. The smallest absolute Gasteiger partial charge is 0.138 e. The van der Waals surface area contributed by atoms with Gasteiger partial charge in [0.2, 0.25) is 0 Å². The standard InChI is InChI=1S/C6H10N4/c1-3-7-5-10-6(2)8-4-9-10/h4-5H,3H2,1-2H3. The van der Waals surface area contributed by atoms with Gasteiger partial charge in [0, 0.05) is 6.54 Å². The number of aliphatic imine (C=N–C) groups is 1. The van der Waals surface area contributed by atoms with E-state index in [0.717, 1.165) is 12.4 Å². The summed E-state index contributed by atoms with van der Waals surface area (Å²) in [5.74, 6) is 0.859. The van der Waals surface area contributed by atoms with E-state index >= 15 is 0 Å². The Hall–Kier alpha value is -1.19. The first-order valence-electron chi connectivity index (χ1n) is 3.20. The molecule has 1 aromatic heterocycles. The van der Waals surface area contributed by atoms with Crippen LogP contribution >= 0.6 is 0 Å². The minimum absolute atomic E-state index is 0.777. The van der Waals surface area contributed by atoms with Gasteiger partial charge in [-0.1, -0.05) is 0 Å². The topological polar surface area (TPSA) is 43.1 Å². The molecule has 54 valence electrons. The summed E-state index contributed by atoms with van der Waals surface area (Å²) in [6.45, 7) is 4.64. The second kappa shape index (κ2) is 3.10. The van der Waals surface area contributed by atoms with Crippen molar-refractivity contribution in [1.82, 2.24) is 14.8 Å². The lowest BCUT2D eigenvalue weighted by molar-refractivity contribution is 0.900. The number of hydrogen-bond acceptors (Lipinski definition) is 3. The fraction of sp³-hybridized carbons (Fsp3) is 0.500. The second-order valence-electron chi connectivity index (χ2n) is 1.87. The Morgan fingerprint density at radius 3 is 3.10 bits per heavy atom. The maximum atomic E-state index is 4.01. The van der Waals surface area contributed by atoms with Gasteiger partial charge in [-0.15, -0.1) is 0 Å². The lowest BCUT2D eigenvalue weighted by atomic mass is 10.7. The van der Waals surface area contributed by atoms with Gasteiger partial charge in [0.05, 0.1) is 0 Å². The van der Waals surface area contributed by atoms with E-state index in [1.807, 2.05) is 13.8 Å². The molecule has 0 unspecified atom stereocenters. The van der Waals surface area contributed by atoms with Gasteiger partial charge in [-0.2, -0.15) is 5.10 Å². The van der Waals surface area contributed by atoms with Crippen LogP contribution in [0.15, 0.2) is 11.3 Å². The van der Waals surface area contributed by atoms with Crippen LogP contribution in [-0.2, 0) is 0 Å². The van der Waals surface area contributed by atoms with Crippen LogP contribution in [0.3, 0.4) is 0 Å². The Kier molecular flexibility index (Phi) is 2.15. The minimum Gasteiger partial charge on any atom is -0.274 e. The predicted octanol–water partition coefficient (Wildman–Crippen LogP) is 0.483. The number of nitrogens with zero attached hydrogens (tertiary/aromatic N) is 4. The van der Waals surface area contributed by atoms with Gasteiger partial charge in [0.1, 0.15) is 18.5 Å². The first kappa shape index (κ1) is 6.92. The summed E-state index contributed by atoms with van der Waals surface area (Å²) in [7, 11) is 0. The van der Waals surface area contributed by atoms with Crippen molar-refractivity contribution in [2.24, 2.45) is 4.99 Å². The van der Waals surface area contributed by atoms with Crippen LogP contribution in [0.2, 0.25) is 0 Å². The van der Waals surface area contributed by atoms with E-state index in [4.69, 9.17) is 0 Å². The summed E-state index contributed by atoms with van der Waals surface area (Å²) in [5, 5.41) is 3.91. The number of hydrogen-bond donors (Lipinski definition) is 0. The highest BCUT2D eigenvalue weighted by Crippen LogP contribution is 1.84. The van der Waals surface area contributed by atoms with E-state index < -0.39 is 0 Å². The van der Waals surface area contributed by atoms with Gasteiger partial charge < -0.3 is 0 Å². The molecule has 0 aliphatic heterocycles. The monoisotopic (exact) mass is 138 g/mol. The molecule has 0 saturated carbocycles. The highest BCUT2D eigenvalue weighted by molar-refractivity contribution is 5.57. The molecule has 0 spiro atoms. The Morgan fingerprint density at radius 1 is 1.80 bits per heavy atom. The van der Waals surface area contributed by atoms with E-state index in [0.29, 0.717) is 0 Å². The van der Waals surface area contributed by atoms with Crippen molar-refractivity contribution in [1.29, 1.82) is 0 Å². The average molecular weight is 138 g/mol. The highest BCUT2D eigenvalue weighted by atomic mass is 15.3. The van der Waals surface area contributed by atoms with Crippen LogP contribution in [0.5, 0.6) is 0 Å². The van der Waals surface area contributed by atoms with Crippen LogP contribution in [0.25, 0.3) is 0 Å². The zero-order chi connectivity index (χ0) is 7.40. The summed E-state index contributed by atoms with van der Waals surface area (Å²) < 4.78 is 1.64. The number of aromatic nitrogens is 3. The number of rotatable bonds is 2. The summed E-state index contributed by atoms with van der Waals surface area (Å²) in [6, 6.07) is 0. The Morgan fingerprint density at radius 2 is 2.60 bits per heavy atom. The van der Waals surface area contributed by atoms with Crippen molar-refractivity contribution in [3.05, 3.63) is 12.2 Å². The zero-order valence-corrected chi connectivity index (χ0v) is 6.15. The third-order valence-electron chi connectivity index (χ3n) is 1.13. The van der Waals surface area contributed by atoms with Crippen LogP contribution in [0.4, 0.5) is 0 Å². The number of aryl methyl sites for hydroxylation is 1. The molecule has 4 heteroatoms. The van der Waals surface area contributed by atoms with Crippen molar-refractivity contribution < 1.29 is 0 Å². The van der Waals surface area contributed by atoms with Crippen molar-refractivity contribution in [3.63, 3.8) is 0 Å². The maximum absolute atomic E-state index is 4.01. The minimum atomic E-state index is 0.777. The molecule has 0 radical (unpaired) electrons. The third kappa shape index (κ3) is 1.40. The first-order valence-corrected chi connectivity index (χ1v) is 3.20. The molecule has 0 atom stereocenters. The summed E-state index contributed by atoms with van der Waals surface area (Å²) in [4.78, 5) is 7.94. The van der Waals surface area contributed by atoms with Crippen LogP contribution in [0, 0.1) is 6.92 Å². The first-order chi connectivity index (χ1) is 4.84. The van der Waals surface area contributed by atoms with Gasteiger partial charge in [-0.3, -0.25) is 4.99 Å². The molecule has 0 aromatic carbocycles. The molecular formula is C6H10N4. The molecule has 0 aliphatic rings. The van der Waals surface area contributed by atoms with Gasteiger partial charge in [0.15, 0.2) is 0 Å². The van der Waals surface area contributed by atoms with Crippen molar-refractivity contribution >= 4 is 6.34 Å². The van der Waals surface area contributed by atoms with Crippen molar-refractivity contribution in [2.75, 3.05) is 6.54 Å². The molecule has 10 heavy (non-hydrogen) atoms. The third-order valence-corrected chi connectivity index (χ3v) is 1.13. The molecule has 0 N–H and O–H groups in total. The largest absolute Gasteiger partial charge is 0.274 e. The summed E-state index contributed by atoms with van der Waals surface area (Å²) in [6.07, 6.45) is 3.18. The Bertz CT molecular complexity index is 225. The fourth-order valence-corrected chi connectivity index (χ4v) is 0.580. The summed E-state index contributed by atoms with van der Waals surface area (Å²) >= 11 is 0. The fourth-order valence-electron chi connectivity index (χ4n) is 0.580. The molecule has 0 fully saturated rings. The van der Waals surface area contributed by atoms with Gasteiger partial charge >= 0.3 is 0 Å². The molecular weight excluding hydrogens is 128 g/mol. The Labute approximate surface area is 59.6 Å². The van der Waals surface area contributed by atoms with E-state index in [-0.39, 0.29) is 0 Å². The lowest BCUT2D eigenvalue weighted by Crippen LogP contribution is -2.00. The van der Waals surface area contributed by atoms with Gasteiger partial charge in [-0.25, -0.2) is 9.67 Å². The maximum Gasteiger partial charge on any atom is 0.138 e. The van der Waals surface area contributed by atoms with E-state index in [2.05, 4.69) is 15.1 Å². The molecule has 4 nitrogen and oxygen atoms in total. The molecule has 0 amide bonds. The van der Waals surface area contributed by atoms with E-state index in [9.17, 15) is 0 Å². The molecule has 0 bridgehead atoms.